The first-order valence-corrected chi connectivity index (χ1v) is 6.33. The third-order valence-corrected chi connectivity index (χ3v) is 3.24. The highest BCUT2D eigenvalue weighted by atomic mass is 16.5. The minimum absolute atomic E-state index is 0.0611. The van der Waals surface area contributed by atoms with Gasteiger partial charge in [-0.05, 0) is 24.1 Å². The van der Waals surface area contributed by atoms with Gasteiger partial charge in [-0.3, -0.25) is 9.69 Å². The smallest absolute Gasteiger partial charge is 0.317 e. The summed E-state index contributed by atoms with van der Waals surface area (Å²) in [6.45, 7) is 4.10. The van der Waals surface area contributed by atoms with Gasteiger partial charge < -0.3 is 9.84 Å². The molecule has 1 aliphatic rings. The summed E-state index contributed by atoms with van der Waals surface area (Å²) in [5.74, 6) is -0.786. The quantitative estimate of drug-likeness (QED) is 0.867. The number of carboxylic acid groups (broad SMARTS) is 1. The lowest BCUT2D eigenvalue weighted by molar-refractivity contribution is -0.139. The molecule has 2 rings (SSSR count). The maximum absolute atomic E-state index is 11.0. The molecular formula is C14H19NO3. The number of rotatable bonds is 5. The lowest BCUT2D eigenvalue weighted by Gasteiger charge is -2.34. The molecule has 1 aromatic carbocycles. The van der Waals surface area contributed by atoms with Gasteiger partial charge in [0.2, 0.25) is 0 Å². The summed E-state index contributed by atoms with van der Waals surface area (Å²) in [5, 5.41) is 9.01. The van der Waals surface area contributed by atoms with Crippen LogP contribution in [-0.2, 0) is 16.1 Å². The zero-order valence-corrected chi connectivity index (χ0v) is 10.6. The molecule has 1 N–H and O–H groups in total. The molecule has 4 nitrogen and oxygen atoms in total. The lowest BCUT2D eigenvalue weighted by atomic mass is 9.97. The molecule has 1 aromatic rings. The number of carbonyl (C=O) groups is 1. The van der Waals surface area contributed by atoms with Gasteiger partial charge in [0, 0.05) is 0 Å². The molecule has 18 heavy (non-hydrogen) atoms. The fourth-order valence-corrected chi connectivity index (χ4v) is 2.47. The molecular weight excluding hydrogens is 230 g/mol. The monoisotopic (exact) mass is 249 g/mol. The van der Waals surface area contributed by atoms with Crippen molar-refractivity contribution < 1.29 is 14.6 Å². The van der Waals surface area contributed by atoms with E-state index in [2.05, 4.69) is 13.0 Å². The minimum Gasteiger partial charge on any atom is -0.480 e. The summed E-state index contributed by atoms with van der Waals surface area (Å²) in [6.07, 6.45) is 0.936. The van der Waals surface area contributed by atoms with E-state index in [1.807, 2.05) is 23.1 Å². The van der Waals surface area contributed by atoms with E-state index < -0.39 is 5.97 Å². The Hall–Kier alpha value is -1.39. The topological polar surface area (TPSA) is 49.8 Å². The zero-order chi connectivity index (χ0) is 13.0. The third kappa shape index (κ3) is 2.89. The van der Waals surface area contributed by atoms with Crippen molar-refractivity contribution in [2.75, 3.05) is 19.7 Å². The van der Waals surface area contributed by atoms with Crippen molar-refractivity contribution in [3.8, 4) is 0 Å². The highest BCUT2D eigenvalue weighted by molar-refractivity contribution is 5.69. The van der Waals surface area contributed by atoms with Crippen molar-refractivity contribution in [2.24, 2.45) is 0 Å². The predicted octanol–water partition coefficient (Wildman–Crippen LogP) is 2.05. The van der Waals surface area contributed by atoms with Crippen molar-refractivity contribution in [1.29, 1.82) is 0 Å². The van der Waals surface area contributed by atoms with E-state index >= 15 is 0 Å². The standard InChI is InChI=1S/C14H19NO3/c1-2-7-15(8-14(16)17)13-10-18-9-11-5-3-4-6-12(11)13/h3-6,13H,2,7-10H2,1H3,(H,16,17). The van der Waals surface area contributed by atoms with Crippen molar-refractivity contribution in [1.82, 2.24) is 4.90 Å². The van der Waals surface area contributed by atoms with E-state index in [1.165, 1.54) is 11.1 Å². The van der Waals surface area contributed by atoms with Crippen LogP contribution in [0.25, 0.3) is 0 Å². The van der Waals surface area contributed by atoms with Crippen molar-refractivity contribution in [3.63, 3.8) is 0 Å². The molecule has 1 aliphatic heterocycles. The number of benzene rings is 1. The van der Waals surface area contributed by atoms with Gasteiger partial charge in [-0.2, -0.15) is 0 Å². The SMILES string of the molecule is CCCN(CC(=O)O)C1COCc2ccccc21. The average molecular weight is 249 g/mol. The molecule has 0 aromatic heterocycles. The Labute approximate surface area is 107 Å². The first-order valence-electron chi connectivity index (χ1n) is 6.33. The molecule has 0 aliphatic carbocycles. The summed E-state index contributed by atoms with van der Waals surface area (Å²) in [7, 11) is 0. The zero-order valence-electron chi connectivity index (χ0n) is 10.6. The third-order valence-electron chi connectivity index (χ3n) is 3.24. The van der Waals surface area contributed by atoms with Gasteiger partial charge in [0.1, 0.15) is 0 Å². The van der Waals surface area contributed by atoms with Gasteiger partial charge in [0.05, 0.1) is 25.8 Å². The Balaban J connectivity index is 2.23. The number of hydrogen-bond acceptors (Lipinski definition) is 3. The maximum Gasteiger partial charge on any atom is 0.317 e. The van der Waals surface area contributed by atoms with Crippen LogP contribution in [0.2, 0.25) is 0 Å². The summed E-state index contributed by atoms with van der Waals surface area (Å²) in [6, 6.07) is 8.18. The molecule has 0 saturated carbocycles. The van der Waals surface area contributed by atoms with Crippen LogP contribution in [-0.4, -0.2) is 35.7 Å². The van der Waals surface area contributed by atoms with E-state index in [9.17, 15) is 4.79 Å². The van der Waals surface area contributed by atoms with Crippen LogP contribution in [0.4, 0.5) is 0 Å². The Morgan fingerprint density at radius 2 is 2.28 bits per heavy atom. The van der Waals surface area contributed by atoms with Gasteiger partial charge >= 0.3 is 5.97 Å². The van der Waals surface area contributed by atoms with Gasteiger partial charge in [-0.1, -0.05) is 31.2 Å². The largest absolute Gasteiger partial charge is 0.480 e. The van der Waals surface area contributed by atoms with E-state index in [1.54, 1.807) is 0 Å². The van der Waals surface area contributed by atoms with Crippen molar-refractivity contribution in [3.05, 3.63) is 35.4 Å². The molecule has 0 amide bonds. The Morgan fingerprint density at radius 3 is 3.00 bits per heavy atom. The Bertz CT molecular complexity index is 419. The summed E-state index contributed by atoms with van der Waals surface area (Å²) in [5.41, 5.74) is 2.37. The molecule has 0 saturated heterocycles. The number of hydrogen-bond donors (Lipinski definition) is 1. The van der Waals surface area contributed by atoms with Crippen LogP contribution in [0.1, 0.15) is 30.5 Å². The Morgan fingerprint density at radius 1 is 1.50 bits per heavy atom. The Kier molecular flexibility index (Phi) is 4.33. The van der Waals surface area contributed by atoms with Crippen LogP contribution in [0, 0.1) is 0 Å². The second-order valence-electron chi connectivity index (χ2n) is 4.59. The van der Waals surface area contributed by atoms with Gasteiger partial charge in [0.25, 0.3) is 0 Å². The van der Waals surface area contributed by atoms with Crippen molar-refractivity contribution >= 4 is 5.97 Å². The molecule has 1 unspecified atom stereocenters. The number of fused-ring (bicyclic) bond motifs is 1. The van der Waals surface area contributed by atoms with E-state index in [4.69, 9.17) is 9.84 Å². The fraction of sp³-hybridized carbons (Fsp3) is 0.500. The maximum atomic E-state index is 11.0. The number of ether oxygens (including phenoxy) is 1. The summed E-state index contributed by atoms with van der Waals surface area (Å²) >= 11 is 0. The molecule has 98 valence electrons. The van der Waals surface area contributed by atoms with Crippen molar-refractivity contribution in [2.45, 2.75) is 26.0 Å². The van der Waals surface area contributed by atoms with E-state index in [0.29, 0.717) is 13.2 Å². The average Bonchev–Trinajstić information content (AvgIpc) is 2.37. The molecule has 4 heteroatoms. The van der Waals surface area contributed by atoms with E-state index in [-0.39, 0.29) is 12.6 Å². The number of nitrogens with zero attached hydrogens (tertiary/aromatic N) is 1. The van der Waals surface area contributed by atoms with Crippen LogP contribution in [0.5, 0.6) is 0 Å². The predicted molar refractivity (Wildman–Crippen MR) is 68.3 cm³/mol. The molecule has 0 bridgehead atoms. The second-order valence-corrected chi connectivity index (χ2v) is 4.59. The van der Waals surface area contributed by atoms with Crippen LogP contribution in [0.3, 0.4) is 0 Å². The van der Waals surface area contributed by atoms with Crippen LogP contribution >= 0.6 is 0 Å². The number of carboxylic acids is 1. The van der Waals surface area contributed by atoms with Gasteiger partial charge in [-0.25, -0.2) is 0 Å². The molecule has 1 atom stereocenters. The van der Waals surface area contributed by atoms with Gasteiger partial charge in [-0.15, -0.1) is 0 Å². The summed E-state index contributed by atoms with van der Waals surface area (Å²) < 4.78 is 5.58. The minimum atomic E-state index is -0.786. The van der Waals surface area contributed by atoms with Crippen LogP contribution < -0.4 is 0 Å². The lowest BCUT2D eigenvalue weighted by Crippen LogP contribution is -2.38. The number of aliphatic carboxylic acids is 1. The summed E-state index contributed by atoms with van der Waals surface area (Å²) in [4.78, 5) is 12.9. The van der Waals surface area contributed by atoms with Crippen LogP contribution in [0.15, 0.2) is 24.3 Å². The first-order chi connectivity index (χ1) is 8.72. The molecule has 0 radical (unpaired) electrons. The first kappa shape index (κ1) is 13.1. The normalized spacial score (nSPS) is 18.7. The molecule has 0 spiro atoms. The molecule has 0 fully saturated rings. The van der Waals surface area contributed by atoms with Gasteiger partial charge in [0.15, 0.2) is 0 Å². The fourth-order valence-electron chi connectivity index (χ4n) is 2.47. The highest BCUT2D eigenvalue weighted by Gasteiger charge is 2.27. The second kappa shape index (κ2) is 5.98. The molecule has 1 heterocycles. The highest BCUT2D eigenvalue weighted by Crippen LogP contribution is 2.29. The van der Waals surface area contributed by atoms with E-state index in [0.717, 1.165) is 13.0 Å².